The second kappa shape index (κ2) is 8.26. The molecule has 0 bridgehead atoms. The molecule has 1 aromatic carbocycles. The lowest BCUT2D eigenvalue weighted by Gasteiger charge is -2.14. The van der Waals surface area contributed by atoms with Crippen molar-refractivity contribution in [3.63, 3.8) is 0 Å². The summed E-state index contributed by atoms with van der Waals surface area (Å²) in [6.45, 7) is 1.65. The first kappa shape index (κ1) is 20.1. The fourth-order valence-corrected chi connectivity index (χ4v) is 4.94. The molecule has 1 N–H and O–H groups in total. The molecule has 1 aliphatic carbocycles. The maximum Gasteiger partial charge on any atom is 0.263 e. The highest BCUT2D eigenvalue weighted by molar-refractivity contribution is 7.18. The number of aromatic nitrogens is 2. The zero-order valence-electron chi connectivity index (χ0n) is 15.6. The molecule has 1 amide bonds. The normalized spacial score (nSPS) is 14.9. The third-order valence-corrected chi connectivity index (χ3v) is 6.97. The summed E-state index contributed by atoms with van der Waals surface area (Å²) in [4.78, 5) is 32.0. The highest BCUT2D eigenvalue weighted by atomic mass is 35.5. The summed E-state index contributed by atoms with van der Waals surface area (Å²) in [5.74, 6) is -0.409. The van der Waals surface area contributed by atoms with Crippen molar-refractivity contribution in [3.8, 4) is 0 Å². The van der Waals surface area contributed by atoms with E-state index >= 15 is 0 Å². The van der Waals surface area contributed by atoms with Crippen molar-refractivity contribution < 1.29 is 4.79 Å². The topological polar surface area (TPSA) is 76.3 Å². The van der Waals surface area contributed by atoms with Crippen LogP contribution in [0.2, 0.25) is 10.0 Å². The van der Waals surface area contributed by atoms with Crippen LogP contribution in [0.3, 0.4) is 0 Å². The van der Waals surface area contributed by atoms with Gasteiger partial charge in [0.2, 0.25) is 0 Å². The molecule has 1 atom stereocenters. The predicted octanol–water partition coefficient (Wildman–Crippen LogP) is 4.35. The second-order valence-corrected chi connectivity index (χ2v) is 8.83. The Hall–Kier alpha value is -2.22. The van der Waals surface area contributed by atoms with Gasteiger partial charge in [-0.15, -0.1) is 11.3 Å². The van der Waals surface area contributed by atoms with E-state index in [0.29, 0.717) is 21.0 Å². The number of hydrogen-bond acceptors (Lipinski definition) is 5. The van der Waals surface area contributed by atoms with Crippen LogP contribution in [0.15, 0.2) is 34.4 Å². The van der Waals surface area contributed by atoms with Gasteiger partial charge in [-0.25, -0.2) is 10.4 Å². The average molecular weight is 449 g/mol. The summed E-state index contributed by atoms with van der Waals surface area (Å²) in [5.41, 5.74) is 4.09. The number of hydrogen-bond donors (Lipinski definition) is 1. The number of carbonyl (C=O) groups excluding carboxylic acids is 1. The zero-order valence-corrected chi connectivity index (χ0v) is 17.9. The number of rotatable bonds is 4. The smallest absolute Gasteiger partial charge is 0.263 e. The van der Waals surface area contributed by atoms with Crippen molar-refractivity contribution >= 4 is 56.9 Å². The van der Waals surface area contributed by atoms with Gasteiger partial charge in [0.15, 0.2) is 0 Å². The van der Waals surface area contributed by atoms with Crippen LogP contribution in [0.5, 0.6) is 0 Å². The average Bonchev–Trinajstić information content (AvgIpc) is 3.10. The number of aryl methyl sites for hydroxylation is 2. The summed E-state index contributed by atoms with van der Waals surface area (Å²) < 4.78 is 1.37. The van der Waals surface area contributed by atoms with Crippen LogP contribution >= 0.6 is 34.5 Å². The van der Waals surface area contributed by atoms with Gasteiger partial charge in [-0.2, -0.15) is 5.10 Å². The predicted molar refractivity (Wildman–Crippen MR) is 117 cm³/mol. The van der Waals surface area contributed by atoms with Crippen molar-refractivity contribution in [1.82, 2.24) is 15.0 Å². The van der Waals surface area contributed by atoms with Gasteiger partial charge in [-0.05, 0) is 55.9 Å². The highest BCUT2D eigenvalue weighted by Gasteiger charge is 2.23. The van der Waals surface area contributed by atoms with E-state index in [1.54, 1.807) is 36.5 Å². The second-order valence-electron chi connectivity index (χ2n) is 6.93. The van der Waals surface area contributed by atoms with Gasteiger partial charge in [0.05, 0.1) is 28.0 Å². The first-order valence-corrected chi connectivity index (χ1v) is 10.8. The fraction of sp³-hybridized carbons (Fsp3) is 0.300. The number of benzene rings is 1. The first-order chi connectivity index (χ1) is 14.0. The molecule has 0 saturated heterocycles. The van der Waals surface area contributed by atoms with Crippen LogP contribution in [0, 0.1) is 0 Å². The Morgan fingerprint density at radius 1 is 1.31 bits per heavy atom. The molecule has 0 radical (unpaired) electrons. The quantitative estimate of drug-likeness (QED) is 0.475. The lowest BCUT2D eigenvalue weighted by atomic mass is 9.97. The van der Waals surface area contributed by atoms with Gasteiger partial charge in [0.1, 0.15) is 10.9 Å². The first-order valence-electron chi connectivity index (χ1n) is 9.25. The fourth-order valence-electron chi connectivity index (χ4n) is 3.42. The molecule has 150 valence electrons. The van der Waals surface area contributed by atoms with E-state index in [0.717, 1.165) is 36.1 Å². The summed E-state index contributed by atoms with van der Waals surface area (Å²) in [7, 11) is 0. The summed E-state index contributed by atoms with van der Waals surface area (Å²) >= 11 is 13.4. The van der Waals surface area contributed by atoms with Gasteiger partial charge in [-0.1, -0.05) is 29.3 Å². The molecule has 3 aromatic rings. The third kappa shape index (κ3) is 3.95. The van der Waals surface area contributed by atoms with Crippen LogP contribution in [-0.4, -0.2) is 21.7 Å². The van der Waals surface area contributed by atoms with E-state index < -0.39 is 11.9 Å². The Balaban J connectivity index is 1.55. The van der Waals surface area contributed by atoms with Crippen molar-refractivity contribution in [1.29, 1.82) is 0 Å². The Morgan fingerprint density at radius 3 is 2.90 bits per heavy atom. The van der Waals surface area contributed by atoms with Gasteiger partial charge < -0.3 is 0 Å². The molecule has 2 aromatic heterocycles. The minimum Gasteiger partial charge on any atom is -0.286 e. The van der Waals surface area contributed by atoms with E-state index in [4.69, 9.17) is 23.2 Å². The van der Waals surface area contributed by atoms with Crippen molar-refractivity contribution in [2.45, 2.75) is 38.6 Å². The van der Waals surface area contributed by atoms with Crippen molar-refractivity contribution in [3.05, 3.63) is 60.9 Å². The monoisotopic (exact) mass is 448 g/mol. The molecule has 1 aliphatic rings. The zero-order chi connectivity index (χ0) is 20.5. The molecule has 29 heavy (non-hydrogen) atoms. The van der Waals surface area contributed by atoms with Crippen LogP contribution in [0.25, 0.3) is 10.2 Å². The molecule has 2 heterocycles. The molecule has 0 spiro atoms. The third-order valence-electron chi connectivity index (χ3n) is 5.03. The Labute approximate surface area is 181 Å². The molecular weight excluding hydrogens is 431 g/mol. The maximum atomic E-state index is 13.1. The number of amides is 1. The Morgan fingerprint density at radius 2 is 2.10 bits per heavy atom. The number of nitrogens with zero attached hydrogens (tertiary/aromatic N) is 3. The lowest BCUT2D eigenvalue weighted by molar-refractivity contribution is -0.123. The molecular formula is C20H18Cl2N4O2S. The Bertz CT molecular complexity index is 1190. The number of nitrogens with one attached hydrogen (secondary N) is 1. The highest BCUT2D eigenvalue weighted by Crippen LogP contribution is 2.33. The standard InChI is InChI=1S/C20H18Cl2N4O2S/c1-11(18(27)25-24-9-12-6-7-14(21)15(22)8-12)26-10-23-19-17(20(26)28)13-4-2-3-5-16(13)29-19/h6-11H,2-5H2,1H3,(H,25,27). The van der Waals surface area contributed by atoms with Gasteiger partial charge in [0.25, 0.3) is 11.5 Å². The number of carbonyl (C=O) groups is 1. The van der Waals surface area contributed by atoms with Crippen LogP contribution in [-0.2, 0) is 17.6 Å². The molecule has 6 nitrogen and oxygen atoms in total. The molecule has 4 rings (SSSR count). The van der Waals surface area contributed by atoms with Crippen molar-refractivity contribution in [2.24, 2.45) is 5.10 Å². The van der Waals surface area contributed by atoms with E-state index in [1.807, 2.05) is 0 Å². The summed E-state index contributed by atoms with van der Waals surface area (Å²) in [5, 5.41) is 5.46. The van der Waals surface area contributed by atoms with E-state index in [9.17, 15) is 9.59 Å². The van der Waals surface area contributed by atoms with E-state index in [1.165, 1.54) is 22.0 Å². The number of halogens is 2. The minimum absolute atomic E-state index is 0.175. The van der Waals surface area contributed by atoms with Crippen LogP contribution in [0.1, 0.15) is 41.8 Å². The number of thiophene rings is 1. The molecule has 0 fully saturated rings. The largest absolute Gasteiger partial charge is 0.286 e. The molecule has 0 saturated carbocycles. The van der Waals surface area contributed by atoms with Gasteiger partial charge in [-0.3, -0.25) is 14.2 Å². The molecule has 1 unspecified atom stereocenters. The maximum absolute atomic E-state index is 13.1. The van der Waals surface area contributed by atoms with E-state index in [2.05, 4.69) is 15.5 Å². The number of hydrazone groups is 1. The molecule has 9 heteroatoms. The van der Waals surface area contributed by atoms with Gasteiger partial charge in [0, 0.05) is 4.88 Å². The van der Waals surface area contributed by atoms with E-state index in [-0.39, 0.29) is 5.56 Å². The minimum atomic E-state index is -0.746. The van der Waals surface area contributed by atoms with Crippen LogP contribution in [0.4, 0.5) is 0 Å². The Kier molecular flexibility index (Phi) is 5.72. The summed E-state index contributed by atoms with van der Waals surface area (Å²) in [6, 6.07) is 4.28. The van der Waals surface area contributed by atoms with Gasteiger partial charge >= 0.3 is 0 Å². The SMILES string of the molecule is CC(C(=O)NN=Cc1ccc(Cl)c(Cl)c1)n1cnc2sc3c(c2c1=O)CCCC3. The molecule has 0 aliphatic heterocycles. The number of fused-ring (bicyclic) bond motifs is 3. The summed E-state index contributed by atoms with van der Waals surface area (Å²) in [6.07, 6.45) is 7.02. The lowest BCUT2D eigenvalue weighted by Crippen LogP contribution is -2.34. The van der Waals surface area contributed by atoms with Crippen LogP contribution < -0.4 is 11.0 Å². The van der Waals surface area contributed by atoms with Crippen molar-refractivity contribution in [2.75, 3.05) is 0 Å².